The van der Waals surface area contributed by atoms with Crippen LogP contribution in [0, 0.1) is 5.92 Å². The average Bonchev–Trinajstić information content (AvgIpc) is 3.49. The van der Waals surface area contributed by atoms with Gasteiger partial charge in [0, 0.05) is 19.1 Å². The monoisotopic (exact) mass is 588 g/mol. The van der Waals surface area contributed by atoms with Crippen LogP contribution in [0.4, 0.5) is 0 Å². The smallest absolute Gasteiger partial charge is 0.334 e. The second kappa shape index (κ2) is 13.0. The second-order valence-electron chi connectivity index (χ2n) is 10.9. The van der Waals surface area contributed by atoms with Crippen LogP contribution in [0.15, 0.2) is 59.7 Å². The maximum atomic E-state index is 12.4. The van der Waals surface area contributed by atoms with Gasteiger partial charge in [-0.2, -0.15) is 0 Å². The Hall–Kier alpha value is -3.10. The van der Waals surface area contributed by atoms with E-state index in [1.807, 2.05) is 6.08 Å². The summed E-state index contributed by atoms with van der Waals surface area (Å²) in [5, 5.41) is 40.8. The predicted molar refractivity (Wildman–Crippen MR) is 144 cm³/mol. The molecule has 3 aliphatic heterocycles. The van der Waals surface area contributed by atoms with Gasteiger partial charge >= 0.3 is 11.9 Å². The van der Waals surface area contributed by atoms with Gasteiger partial charge in [0.15, 0.2) is 12.6 Å². The van der Waals surface area contributed by atoms with Crippen molar-refractivity contribution < 1.29 is 58.4 Å². The summed E-state index contributed by atoms with van der Waals surface area (Å²) in [6.45, 7) is 3.50. The van der Waals surface area contributed by atoms with Crippen molar-refractivity contribution in [2.24, 2.45) is 5.92 Å². The first-order chi connectivity index (χ1) is 20.1. The second-order valence-corrected chi connectivity index (χ2v) is 10.9. The number of carbonyl (C=O) groups excluding carboxylic acids is 2. The molecule has 5 rings (SSSR count). The van der Waals surface area contributed by atoms with Gasteiger partial charge in [-0.1, -0.05) is 24.8 Å². The molecule has 1 aromatic carbocycles. The van der Waals surface area contributed by atoms with E-state index >= 15 is 0 Å². The zero-order chi connectivity index (χ0) is 30.0. The summed E-state index contributed by atoms with van der Waals surface area (Å²) in [6, 6.07) is 6.05. The van der Waals surface area contributed by atoms with Crippen LogP contribution >= 0.6 is 0 Å². The molecule has 9 atom stereocenters. The van der Waals surface area contributed by atoms with Crippen molar-refractivity contribution in [3.05, 3.63) is 65.3 Å². The molecular formula is C30H36O12. The van der Waals surface area contributed by atoms with Gasteiger partial charge in [0.05, 0.1) is 25.0 Å². The van der Waals surface area contributed by atoms with E-state index in [4.69, 9.17) is 28.4 Å². The Labute approximate surface area is 242 Å². The zero-order valence-electron chi connectivity index (χ0n) is 23.2. The lowest BCUT2D eigenvalue weighted by Gasteiger charge is -2.40. The Morgan fingerprint density at radius 2 is 1.86 bits per heavy atom. The van der Waals surface area contributed by atoms with Gasteiger partial charge < -0.3 is 48.8 Å². The molecule has 228 valence electrons. The number of methoxy groups -OCH3 is 1. The molecule has 0 aromatic heterocycles. The normalized spacial score (nSPS) is 34.7. The number of aliphatic hydroxyl groups is 3. The first-order valence-electron chi connectivity index (χ1n) is 13.9. The Balaban J connectivity index is 1.23. The summed E-state index contributed by atoms with van der Waals surface area (Å²) in [7, 11) is 1.56. The molecule has 2 bridgehead atoms. The maximum absolute atomic E-state index is 12.4. The third-order valence-electron chi connectivity index (χ3n) is 7.98. The summed E-state index contributed by atoms with van der Waals surface area (Å²) in [6.07, 6.45) is -3.20. The fourth-order valence-electron chi connectivity index (χ4n) is 5.67. The lowest BCUT2D eigenvalue weighted by molar-refractivity contribution is -0.299. The molecule has 42 heavy (non-hydrogen) atoms. The van der Waals surface area contributed by atoms with Crippen molar-refractivity contribution >= 4 is 11.9 Å². The molecule has 0 radical (unpaired) electrons. The van der Waals surface area contributed by atoms with E-state index in [1.165, 1.54) is 12.1 Å². The minimum Gasteiger partial charge on any atom is -0.508 e. The summed E-state index contributed by atoms with van der Waals surface area (Å²) < 4.78 is 34.0. The number of ether oxygens (including phenoxy) is 6. The topological polar surface area (TPSA) is 170 Å². The molecular weight excluding hydrogens is 552 g/mol. The molecule has 1 aromatic rings. The number of phenols is 1. The van der Waals surface area contributed by atoms with Crippen molar-refractivity contribution in [2.75, 3.05) is 20.3 Å². The summed E-state index contributed by atoms with van der Waals surface area (Å²) in [5.74, 6) is -1.45. The Morgan fingerprint density at radius 1 is 1.10 bits per heavy atom. The number of hydrogen-bond acceptors (Lipinski definition) is 12. The summed E-state index contributed by atoms with van der Waals surface area (Å²) >= 11 is 0. The number of hydrogen-bond donors (Lipinski definition) is 4. The summed E-state index contributed by atoms with van der Waals surface area (Å²) in [4.78, 5) is 24.7. The van der Waals surface area contributed by atoms with Crippen LogP contribution in [0.3, 0.4) is 0 Å². The fourth-order valence-corrected chi connectivity index (χ4v) is 5.67. The Kier molecular flexibility index (Phi) is 9.43. The van der Waals surface area contributed by atoms with Crippen molar-refractivity contribution in [3.8, 4) is 5.75 Å². The van der Waals surface area contributed by atoms with E-state index in [0.29, 0.717) is 30.4 Å². The number of rotatable bonds is 8. The van der Waals surface area contributed by atoms with Crippen molar-refractivity contribution in [1.29, 1.82) is 0 Å². The largest absolute Gasteiger partial charge is 0.508 e. The van der Waals surface area contributed by atoms with Gasteiger partial charge in [-0.25, -0.2) is 4.79 Å². The van der Waals surface area contributed by atoms with E-state index in [2.05, 4.69) is 6.58 Å². The first-order valence-corrected chi connectivity index (χ1v) is 13.9. The fraction of sp³-hybridized carbons (Fsp3) is 0.533. The number of fused-ring (bicyclic) bond motifs is 4. The van der Waals surface area contributed by atoms with E-state index in [9.17, 15) is 30.0 Å². The average molecular weight is 589 g/mol. The van der Waals surface area contributed by atoms with Crippen LogP contribution < -0.4 is 0 Å². The number of esters is 2. The Morgan fingerprint density at radius 3 is 2.60 bits per heavy atom. The van der Waals surface area contributed by atoms with Crippen LogP contribution in [0.5, 0.6) is 5.75 Å². The van der Waals surface area contributed by atoms with Crippen molar-refractivity contribution in [1.82, 2.24) is 0 Å². The van der Waals surface area contributed by atoms with Crippen LogP contribution in [0.2, 0.25) is 0 Å². The molecule has 4 aliphatic rings. The Bertz CT molecular complexity index is 1220. The number of phenolic OH excluding ortho intramolecular Hbond substituents is 1. The molecule has 12 nitrogen and oxygen atoms in total. The van der Waals surface area contributed by atoms with E-state index < -0.39 is 61.0 Å². The van der Waals surface area contributed by atoms with Gasteiger partial charge in [0.2, 0.25) is 0 Å². The molecule has 3 heterocycles. The molecule has 1 aliphatic carbocycles. The highest BCUT2D eigenvalue weighted by molar-refractivity contribution is 5.91. The SMILES string of the molecule is C=C1C(=O)O[C@@H]2C=C(CO[C@@H]3O[C@H](COC(=O)Cc4ccc(O)cc4)[C@@H](O)[C@H](O)[C@H]3O)CCC=C3C[C@H](O[C@@H]3OC)[C@@H]12. The van der Waals surface area contributed by atoms with Gasteiger partial charge in [-0.3, -0.25) is 4.79 Å². The molecule has 4 N–H and O–H groups in total. The first kappa shape index (κ1) is 30.4. The lowest BCUT2D eigenvalue weighted by Crippen LogP contribution is -2.59. The van der Waals surface area contributed by atoms with Gasteiger partial charge in [-0.05, 0) is 47.8 Å². The highest BCUT2D eigenvalue weighted by Gasteiger charge is 2.48. The van der Waals surface area contributed by atoms with Gasteiger partial charge in [-0.15, -0.1) is 0 Å². The van der Waals surface area contributed by atoms with Gasteiger partial charge in [0.25, 0.3) is 0 Å². The molecule has 0 spiro atoms. The van der Waals surface area contributed by atoms with Crippen LogP contribution in [-0.4, -0.2) is 102 Å². The van der Waals surface area contributed by atoms with Crippen LogP contribution in [-0.2, 0) is 44.4 Å². The highest BCUT2D eigenvalue weighted by atomic mass is 16.7. The maximum Gasteiger partial charge on any atom is 0.334 e. The van der Waals surface area contributed by atoms with E-state index in [0.717, 1.165) is 11.1 Å². The predicted octanol–water partition coefficient (Wildman–Crippen LogP) is 0.808. The standard InChI is InChI=1S/C30H36O12/c1-15-24-20(40-28(15)36)10-17(4-3-5-18-12-21(24)41-29(18)37-2)13-39-30-27(35)26(34)25(33)22(42-30)14-38-23(32)11-16-6-8-19(31)9-7-16/h5-10,20-22,24-27,29-31,33-35H,1,3-4,11-14H2,2H3/t20-,21+,22-,24+,25-,26+,27-,29+,30-/m1/s1. The number of carbonyl (C=O) groups is 2. The summed E-state index contributed by atoms with van der Waals surface area (Å²) in [5.41, 5.74) is 2.67. The quantitative estimate of drug-likeness (QED) is 0.192. The minimum absolute atomic E-state index is 0.0342. The van der Waals surface area contributed by atoms with Gasteiger partial charge in [0.1, 0.15) is 42.9 Å². The minimum atomic E-state index is -1.62. The molecule has 3 saturated heterocycles. The van der Waals surface area contributed by atoms with Crippen molar-refractivity contribution in [3.63, 3.8) is 0 Å². The number of benzene rings is 1. The van der Waals surface area contributed by atoms with E-state index in [-0.39, 0.29) is 31.5 Å². The number of aliphatic hydroxyl groups excluding tert-OH is 3. The third-order valence-corrected chi connectivity index (χ3v) is 7.98. The molecule has 0 amide bonds. The van der Waals surface area contributed by atoms with Crippen LogP contribution in [0.1, 0.15) is 24.8 Å². The molecule has 3 fully saturated rings. The molecule has 0 unspecified atom stereocenters. The van der Waals surface area contributed by atoms with Crippen molar-refractivity contribution in [2.45, 2.75) is 74.9 Å². The lowest BCUT2D eigenvalue weighted by atomic mass is 9.86. The molecule has 0 saturated carbocycles. The zero-order valence-corrected chi connectivity index (χ0v) is 23.2. The number of aromatic hydroxyl groups is 1. The highest BCUT2D eigenvalue weighted by Crippen LogP contribution is 2.41. The number of allylic oxidation sites excluding steroid dienone is 1. The van der Waals surface area contributed by atoms with E-state index in [1.54, 1.807) is 25.3 Å². The molecule has 12 heteroatoms. The van der Waals surface area contributed by atoms with Crippen LogP contribution in [0.25, 0.3) is 0 Å². The third kappa shape index (κ3) is 6.60.